The molecule has 1 fully saturated rings. The predicted molar refractivity (Wildman–Crippen MR) is 82.4 cm³/mol. The zero-order valence-corrected chi connectivity index (χ0v) is 12.3. The molecule has 20 heavy (non-hydrogen) atoms. The highest BCUT2D eigenvalue weighted by Gasteiger charge is 2.25. The van der Waals surface area contributed by atoms with Gasteiger partial charge < -0.3 is 11.1 Å². The third kappa shape index (κ3) is 3.83. The normalized spacial score (nSPS) is 19.3. The summed E-state index contributed by atoms with van der Waals surface area (Å²) in [5, 5.41) is 3.18. The smallest absolute Gasteiger partial charge is 0.229 e. The Hall–Kier alpha value is -1.35. The zero-order valence-electron chi connectivity index (χ0n) is 12.3. The Kier molecular flexibility index (Phi) is 5.60. The molecule has 2 atom stereocenters. The molecule has 0 aliphatic heterocycles. The van der Waals surface area contributed by atoms with Crippen LogP contribution in [0.1, 0.15) is 50.5 Å². The number of benzene rings is 1. The summed E-state index contributed by atoms with van der Waals surface area (Å²) in [5.41, 5.74) is 6.80. The Labute approximate surface area is 121 Å². The minimum Gasteiger partial charge on any atom is -0.353 e. The maximum absolute atomic E-state index is 12.4. The van der Waals surface area contributed by atoms with Crippen LogP contribution in [0.4, 0.5) is 0 Å². The lowest BCUT2D eigenvalue weighted by molar-refractivity contribution is -0.123. The van der Waals surface area contributed by atoms with Crippen molar-refractivity contribution in [3.63, 3.8) is 0 Å². The quantitative estimate of drug-likeness (QED) is 0.867. The van der Waals surface area contributed by atoms with Crippen LogP contribution in [0.15, 0.2) is 30.3 Å². The number of carbonyl (C=O) groups is 1. The fraction of sp³-hybridized carbons (Fsp3) is 0.588. The maximum Gasteiger partial charge on any atom is 0.229 e. The van der Waals surface area contributed by atoms with E-state index in [1.807, 2.05) is 30.3 Å². The molecule has 2 rings (SSSR count). The number of carbonyl (C=O) groups excluding carboxylic acids is 1. The molecule has 1 saturated carbocycles. The Morgan fingerprint density at radius 2 is 1.90 bits per heavy atom. The molecule has 0 saturated heterocycles. The van der Waals surface area contributed by atoms with Crippen molar-refractivity contribution in [1.29, 1.82) is 0 Å². The third-order valence-electron chi connectivity index (χ3n) is 4.48. The first kappa shape index (κ1) is 15.0. The summed E-state index contributed by atoms with van der Waals surface area (Å²) in [6.45, 7) is 2.49. The van der Waals surface area contributed by atoms with Crippen molar-refractivity contribution in [2.45, 2.75) is 51.0 Å². The monoisotopic (exact) mass is 274 g/mol. The van der Waals surface area contributed by atoms with Gasteiger partial charge in [0.25, 0.3) is 0 Å². The van der Waals surface area contributed by atoms with Gasteiger partial charge in [0.15, 0.2) is 0 Å². The van der Waals surface area contributed by atoms with Crippen molar-refractivity contribution in [3.05, 3.63) is 35.9 Å². The molecule has 3 heteroatoms. The van der Waals surface area contributed by atoms with Gasteiger partial charge in [-0.25, -0.2) is 0 Å². The highest BCUT2D eigenvalue weighted by atomic mass is 16.1. The second kappa shape index (κ2) is 7.44. The van der Waals surface area contributed by atoms with Gasteiger partial charge in [-0.2, -0.15) is 0 Å². The maximum atomic E-state index is 12.4. The van der Waals surface area contributed by atoms with Gasteiger partial charge in [0.1, 0.15) is 0 Å². The van der Waals surface area contributed by atoms with Crippen molar-refractivity contribution in [2.75, 3.05) is 6.54 Å². The van der Waals surface area contributed by atoms with E-state index in [2.05, 4.69) is 12.2 Å². The number of nitrogens with one attached hydrogen (secondary N) is 1. The molecule has 1 aliphatic rings. The number of hydrogen-bond donors (Lipinski definition) is 2. The molecular weight excluding hydrogens is 248 g/mol. The molecule has 0 radical (unpaired) electrons. The number of hydrogen-bond acceptors (Lipinski definition) is 2. The molecule has 1 aromatic rings. The molecule has 0 aromatic heterocycles. The van der Waals surface area contributed by atoms with Crippen LogP contribution in [0, 0.1) is 5.92 Å². The van der Waals surface area contributed by atoms with Gasteiger partial charge >= 0.3 is 0 Å². The lowest BCUT2D eigenvalue weighted by Gasteiger charge is -2.29. The highest BCUT2D eigenvalue weighted by Crippen LogP contribution is 2.26. The molecule has 1 aliphatic carbocycles. The lowest BCUT2D eigenvalue weighted by Crippen LogP contribution is -2.42. The average Bonchev–Trinajstić information content (AvgIpc) is 2.50. The highest BCUT2D eigenvalue weighted by molar-refractivity contribution is 5.84. The van der Waals surface area contributed by atoms with Crippen LogP contribution < -0.4 is 11.1 Å². The van der Waals surface area contributed by atoms with Crippen molar-refractivity contribution in [1.82, 2.24) is 5.32 Å². The van der Waals surface area contributed by atoms with Crippen LogP contribution in [0.3, 0.4) is 0 Å². The van der Waals surface area contributed by atoms with Gasteiger partial charge in [0.2, 0.25) is 5.91 Å². The molecule has 1 unspecified atom stereocenters. The third-order valence-corrected chi connectivity index (χ3v) is 4.48. The first-order valence-corrected chi connectivity index (χ1v) is 7.77. The van der Waals surface area contributed by atoms with E-state index in [1.54, 1.807) is 0 Å². The molecule has 0 heterocycles. The minimum absolute atomic E-state index is 0.0665. The summed E-state index contributed by atoms with van der Waals surface area (Å²) in [7, 11) is 0. The van der Waals surface area contributed by atoms with Crippen LogP contribution in [0.5, 0.6) is 0 Å². The van der Waals surface area contributed by atoms with Gasteiger partial charge in [-0.3, -0.25) is 4.79 Å². The van der Waals surface area contributed by atoms with Gasteiger partial charge in [-0.05, 0) is 31.2 Å². The van der Waals surface area contributed by atoms with Crippen LogP contribution in [0.2, 0.25) is 0 Å². The Balaban J connectivity index is 1.95. The largest absolute Gasteiger partial charge is 0.353 e. The van der Waals surface area contributed by atoms with Crippen molar-refractivity contribution in [2.24, 2.45) is 11.7 Å². The van der Waals surface area contributed by atoms with Gasteiger partial charge in [-0.15, -0.1) is 0 Å². The summed E-state index contributed by atoms with van der Waals surface area (Å²) in [6, 6.07) is 10.1. The number of rotatable bonds is 5. The summed E-state index contributed by atoms with van der Waals surface area (Å²) >= 11 is 0. The summed E-state index contributed by atoms with van der Waals surface area (Å²) in [6.07, 6.45) is 6.40. The SMILES string of the molecule is C[C@H](NC(=O)C(CN)c1ccccc1)C1CCCCC1. The first-order chi connectivity index (χ1) is 9.72. The molecule has 0 bridgehead atoms. The first-order valence-electron chi connectivity index (χ1n) is 7.77. The van der Waals surface area contributed by atoms with Crippen molar-refractivity contribution >= 4 is 5.91 Å². The molecule has 110 valence electrons. The van der Waals surface area contributed by atoms with Crippen LogP contribution in [-0.4, -0.2) is 18.5 Å². The van der Waals surface area contributed by atoms with Crippen LogP contribution >= 0.6 is 0 Å². The molecule has 1 aromatic carbocycles. The fourth-order valence-electron chi connectivity index (χ4n) is 3.16. The Morgan fingerprint density at radius 1 is 1.25 bits per heavy atom. The van der Waals surface area contributed by atoms with E-state index < -0.39 is 0 Å². The predicted octanol–water partition coefficient (Wildman–Crippen LogP) is 2.81. The summed E-state index contributed by atoms with van der Waals surface area (Å²) < 4.78 is 0. The molecule has 1 amide bonds. The number of amides is 1. The van der Waals surface area contributed by atoms with E-state index >= 15 is 0 Å². The van der Waals surface area contributed by atoms with E-state index in [1.165, 1.54) is 32.1 Å². The standard InChI is InChI=1S/C17H26N2O/c1-13(14-8-4-2-5-9-14)19-17(20)16(12-18)15-10-6-3-7-11-15/h3,6-7,10-11,13-14,16H,2,4-5,8-9,12,18H2,1H3,(H,19,20)/t13-,16?/m0/s1. The molecule has 3 nitrogen and oxygen atoms in total. The Morgan fingerprint density at radius 3 is 2.50 bits per heavy atom. The van der Waals surface area contributed by atoms with Gasteiger partial charge in [0, 0.05) is 12.6 Å². The summed E-state index contributed by atoms with van der Waals surface area (Å²) in [4.78, 5) is 12.4. The lowest BCUT2D eigenvalue weighted by atomic mass is 9.84. The Bertz CT molecular complexity index is 412. The van der Waals surface area contributed by atoms with E-state index in [-0.39, 0.29) is 17.9 Å². The van der Waals surface area contributed by atoms with Crippen LogP contribution in [-0.2, 0) is 4.79 Å². The van der Waals surface area contributed by atoms with Gasteiger partial charge in [0.05, 0.1) is 5.92 Å². The zero-order chi connectivity index (χ0) is 14.4. The molecule has 0 spiro atoms. The molecule has 3 N–H and O–H groups in total. The van der Waals surface area contributed by atoms with E-state index in [0.29, 0.717) is 12.5 Å². The van der Waals surface area contributed by atoms with E-state index in [9.17, 15) is 4.79 Å². The summed E-state index contributed by atoms with van der Waals surface area (Å²) in [5.74, 6) is 0.459. The average molecular weight is 274 g/mol. The fourth-order valence-corrected chi connectivity index (χ4v) is 3.16. The van der Waals surface area contributed by atoms with E-state index in [0.717, 1.165) is 5.56 Å². The number of nitrogens with two attached hydrogens (primary N) is 1. The molecular formula is C17H26N2O. The van der Waals surface area contributed by atoms with Crippen molar-refractivity contribution < 1.29 is 4.79 Å². The van der Waals surface area contributed by atoms with Crippen LogP contribution in [0.25, 0.3) is 0 Å². The second-order valence-corrected chi connectivity index (χ2v) is 5.89. The van der Waals surface area contributed by atoms with Gasteiger partial charge in [-0.1, -0.05) is 49.6 Å². The van der Waals surface area contributed by atoms with E-state index in [4.69, 9.17) is 5.73 Å². The topological polar surface area (TPSA) is 55.1 Å². The minimum atomic E-state index is -0.234. The second-order valence-electron chi connectivity index (χ2n) is 5.89. The van der Waals surface area contributed by atoms with Crippen molar-refractivity contribution in [3.8, 4) is 0 Å².